The van der Waals surface area contributed by atoms with E-state index < -0.39 is 41.2 Å². The van der Waals surface area contributed by atoms with E-state index in [0.717, 1.165) is 16.7 Å². The predicted octanol–water partition coefficient (Wildman–Crippen LogP) is 6.24. The van der Waals surface area contributed by atoms with Gasteiger partial charge in [-0.1, -0.05) is 115 Å². The molecule has 4 rings (SSSR count). The monoisotopic (exact) mass is 626 g/mol. The molecule has 0 aromatic heterocycles. The maximum atomic E-state index is 12.9. The van der Waals surface area contributed by atoms with Gasteiger partial charge in [-0.2, -0.15) is 0 Å². The normalized spacial score (nSPS) is 14.7. The molecular formula is C37H38O7S. The van der Waals surface area contributed by atoms with Gasteiger partial charge in [0.15, 0.2) is 6.29 Å². The van der Waals surface area contributed by atoms with Crippen LogP contribution in [0, 0.1) is 0 Å². The highest BCUT2D eigenvalue weighted by Gasteiger charge is 2.38. The molecule has 0 radical (unpaired) electrons. The number of esters is 1. The van der Waals surface area contributed by atoms with Crippen LogP contribution < -0.4 is 0 Å². The van der Waals surface area contributed by atoms with E-state index in [0.29, 0.717) is 11.2 Å². The second-order valence-electron chi connectivity index (χ2n) is 10.2. The van der Waals surface area contributed by atoms with Gasteiger partial charge in [0.1, 0.15) is 24.4 Å². The van der Waals surface area contributed by atoms with Crippen LogP contribution in [-0.2, 0) is 59.2 Å². The lowest BCUT2D eigenvalue weighted by Gasteiger charge is -2.34. The van der Waals surface area contributed by atoms with E-state index in [1.807, 2.05) is 109 Å². The number of carbonyl (C=O) groups excluding carboxylic acids is 2. The van der Waals surface area contributed by atoms with Crippen molar-refractivity contribution in [3.63, 3.8) is 0 Å². The van der Waals surface area contributed by atoms with Crippen LogP contribution in [0.25, 0.3) is 0 Å². The summed E-state index contributed by atoms with van der Waals surface area (Å²) < 4.78 is 37.7. The molecule has 0 aliphatic carbocycles. The Morgan fingerprint density at radius 1 is 0.644 bits per heavy atom. The van der Waals surface area contributed by atoms with Crippen LogP contribution in [0.15, 0.2) is 138 Å². The molecule has 8 heteroatoms. The second-order valence-corrected chi connectivity index (χ2v) is 11.7. The molecule has 0 saturated carbocycles. The highest BCUT2D eigenvalue weighted by molar-refractivity contribution is 7.85. The zero-order valence-electron chi connectivity index (χ0n) is 25.2. The zero-order chi connectivity index (χ0) is 31.7. The van der Waals surface area contributed by atoms with E-state index in [-0.39, 0.29) is 25.6 Å². The maximum Gasteiger partial charge on any atom is 0.303 e. The summed E-state index contributed by atoms with van der Waals surface area (Å²) in [5.74, 6) is -0.360. The first-order chi connectivity index (χ1) is 22.0. The summed E-state index contributed by atoms with van der Waals surface area (Å²) >= 11 is 0. The maximum absolute atomic E-state index is 12.9. The molecule has 4 aromatic carbocycles. The van der Waals surface area contributed by atoms with Gasteiger partial charge in [0, 0.05) is 17.6 Å². The molecule has 0 saturated heterocycles. The van der Waals surface area contributed by atoms with Crippen LogP contribution in [-0.4, -0.2) is 46.6 Å². The van der Waals surface area contributed by atoms with Gasteiger partial charge in [0.2, 0.25) is 0 Å². The van der Waals surface area contributed by atoms with Crippen LogP contribution in [0.1, 0.15) is 23.6 Å². The SMILES string of the molecule is CC(=O)O[C@H](/C=C/CS(=O)c1ccccc1)[C@@H](OCc1ccccc1)[C@H](OCc1ccccc1)[C@H](C=O)OCc1ccccc1. The first-order valence-corrected chi connectivity index (χ1v) is 16.0. The van der Waals surface area contributed by atoms with Gasteiger partial charge in [0.05, 0.1) is 30.6 Å². The summed E-state index contributed by atoms with van der Waals surface area (Å²) in [5.41, 5.74) is 2.65. The van der Waals surface area contributed by atoms with Crippen molar-refractivity contribution in [3.8, 4) is 0 Å². The Kier molecular flexibility index (Phi) is 13.9. The van der Waals surface area contributed by atoms with Crippen molar-refractivity contribution in [3.05, 3.63) is 150 Å². The summed E-state index contributed by atoms with van der Waals surface area (Å²) in [4.78, 5) is 25.7. The summed E-state index contributed by atoms with van der Waals surface area (Å²) in [6, 6.07) is 37.7. The number of hydrogen-bond acceptors (Lipinski definition) is 7. The van der Waals surface area contributed by atoms with E-state index in [9.17, 15) is 13.8 Å². The minimum absolute atomic E-state index is 0.155. The van der Waals surface area contributed by atoms with Gasteiger partial charge in [0.25, 0.3) is 0 Å². The number of ether oxygens (including phenoxy) is 4. The standard InChI is InChI=1S/C37H38O7S/c1-29(39)44-34(23-14-24-45(40)33-21-12-5-13-22-33)36(42-27-31-17-8-3-9-18-31)37(43-28-32-19-10-4-11-20-32)35(25-38)41-26-30-15-6-2-7-16-30/h2-23,25,34-37H,24,26-28H2,1H3/b23-14+/t34-,35+,36-,37-,45?/m1/s1. The van der Waals surface area contributed by atoms with E-state index in [1.165, 1.54) is 6.92 Å². The van der Waals surface area contributed by atoms with Gasteiger partial charge >= 0.3 is 5.97 Å². The molecular weight excluding hydrogens is 588 g/mol. The highest BCUT2D eigenvalue weighted by Crippen LogP contribution is 2.23. The van der Waals surface area contributed by atoms with E-state index in [4.69, 9.17) is 18.9 Å². The Morgan fingerprint density at radius 3 is 1.51 bits per heavy atom. The lowest BCUT2D eigenvalue weighted by atomic mass is 10.0. The molecule has 234 valence electrons. The minimum Gasteiger partial charge on any atom is -0.455 e. The number of benzene rings is 4. The Morgan fingerprint density at radius 2 is 1.07 bits per heavy atom. The van der Waals surface area contributed by atoms with Crippen LogP contribution in [0.5, 0.6) is 0 Å². The Bertz CT molecular complexity index is 1480. The molecule has 0 aliphatic rings. The highest BCUT2D eigenvalue weighted by atomic mass is 32.2. The summed E-state index contributed by atoms with van der Waals surface area (Å²) in [5, 5.41) is 0. The lowest BCUT2D eigenvalue weighted by Crippen LogP contribution is -2.50. The van der Waals surface area contributed by atoms with Crippen molar-refractivity contribution in [1.29, 1.82) is 0 Å². The first kappa shape index (κ1) is 33.7. The fourth-order valence-corrected chi connectivity index (χ4v) is 5.56. The average Bonchev–Trinajstić information content (AvgIpc) is 3.08. The number of rotatable bonds is 18. The van der Waals surface area contributed by atoms with E-state index >= 15 is 0 Å². The topological polar surface area (TPSA) is 88.1 Å². The molecule has 4 aromatic rings. The second kappa shape index (κ2) is 18.6. The third kappa shape index (κ3) is 11.3. The smallest absolute Gasteiger partial charge is 0.303 e. The largest absolute Gasteiger partial charge is 0.455 e. The van der Waals surface area contributed by atoms with Crippen molar-refractivity contribution in [1.82, 2.24) is 0 Å². The molecule has 0 bridgehead atoms. The van der Waals surface area contributed by atoms with Gasteiger partial charge in [-0.15, -0.1) is 0 Å². The van der Waals surface area contributed by atoms with E-state index in [2.05, 4.69) is 0 Å². The molecule has 0 spiro atoms. The molecule has 0 aliphatic heterocycles. The number of hydrogen-bond donors (Lipinski definition) is 0. The predicted molar refractivity (Wildman–Crippen MR) is 174 cm³/mol. The van der Waals surface area contributed by atoms with Crippen LogP contribution >= 0.6 is 0 Å². The third-order valence-corrected chi connectivity index (χ3v) is 8.14. The molecule has 0 N–H and O–H groups in total. The van der Waals surface area contributed by atoms with Crippen molar-refractivity contribution < 1.29 is 32.7 Å². The van der Waals surface area contributed by atoms with Gasteiger partial charge in [-0.3, -0.25) is 9.00 Å². The Labute approximate surface area is 267 Å². The summed E-state index contributed by atoms with van der Waals surface area (Å²) in [6.45, 7) is 1.78. The van der Waals surface area contributed by atoms with Crippen molar-refractivity contribution in [2.24, 2.45) is 0 Å². The summed E-state index contributed by atoms with van der Waals surface area (Å²) in [7, 11) is -1.31. The summed E-state index contributed by atoms with van der Waals surface area (Å²) in [6.07, 6.45) is 0.0350. The van der Waals surface area contributed by atoms with Gasteiger partial charge < -0.3 is 23.7 Å². The van der Waals surface area contributed by atoms with Crippen molar-refractivity contribution in [2.75, 3.05) is 5.75 Å². The third-order valence-electron chi connectivity index (χ3n) is 6.84. The van der Waals surface area contributed by atoms with E-state index in [1.54, 1.807) is 24.3 Å². The molecule has 0 amide bonds. The van der Waals surface area contributed by atoms with Crippen LogP contribution in [0.4, 0.5) is 0 Å². The first-order valence-electron chi connectivity index (χ1n) is 14.7. The fourth-order valence-electron chi connectivity index (χ4n) is 4.62. The minimum atomic E-state index is -1.31. The molecule has 5 atom stereocenters. The average molecular weight is 627 g/mol. The molecule has 0 fully saturated rings. The number of aldehydes is 1. The molecule has 45 heavy (non-hydrogen) atoms. The van der Waals surface area contributed by atoms with Crippen molar-refractivity contribution >= 4 is 23.1 Å². The van der Waals surface area contributed by atoms with Crippen LogP contribution in [0.3, 0.4) is 0 Å². The van der Waals surface area contributed by atoms with Crippen LogP contribution in [0.2, 0.25) is 0 Å². The van der Waals surface area contributed by atoms with Gasteiger partial charge in [-0.05, 0) is 34.9 Å². The quantitative estimate of drug-likeness (QED) is 0.0734. The van der Waals surface area contributed by atoms with Gasteiger partial charge in [-0.25, -0.2) is 0 Å². The molecule has 0 heterocycles. The Balaban J connectivity index is 1.66. The molecule has 1 unspecified atom stereocenters. The lowest BCUT2D eigenvalue weighted by molar-refractivity contribution is -0.184. The fraction of sp³-hybridized carbons (Fsp3) is 0.243. The zero-order valence-corrected chi connectivity index (χ0v) is 26.0. The molecule has 7 nitrogen and oxygen atoms in total. The Hall–Kier alpha value is -4.21. The number of carbonyl (C=O) groups is 2. The van der Waals surface area contributed by atoms with Crippen molar-refractivity contribution in [2.45, 2.75) is 56.1 Å².